The molecule has 5 rings (SSSR count). The molecule has 0 saturated carbocycles. The maximum atomic E-state index is 12.4. The summed E-state index contributed by atoms with van der Waals surface area (Å²) in [7, 11) is 0. The Labute approximate surface area is 165 Å². The van der Waals surface area contributed by atoms with Crippen LogP contribution in [-0.4, -0.2) is 52.6 Å². The monoisotopic (exact) mass is 395 g/mol. The molecule has 1 aliphatic rings. The molecule has 11 heteroatoms. The van der Waals surface area contributed by atoms with Crippen LogP contribution in [0.25, 0.3) is 17.1 Å². The molecular formula is C18H21N9O2. The number of hydrogen-bond donors (Lipinski definition) is 2. The molecular weight excluding hydrogens is 374 g/mol. The Balaban J connectivity index is 1.57. The fourth-order valence-electron chi connectivity index (χ4n) is 3.75. The van der Waals surface area contributed by atoms with Gasteiger partial charge >= 0.3 is 0 Å². The second-order valence-corrected chi connectivity index (χ2v) is 7.71. The van der Waals surface area contributed by atoms with Crippen molar-refractivity contribution in [1.29, 1.82) is 0 Å². The van der Waals surface area contributed by atoms with E-state index in [9.17, 15) is 4.79 Å². The normalized spacial score (nSPS) is 15.9. The van der Waals surface area contributed by atoms with Gasteiger partial charge in [-0.3, -0.25) is 4.79 Å². The average molecular weight is 395 g/mol. The third-order valence-electron chi connectivity index (χ3n) is 5.46. The highest BCUT2D eigenvalue weighted by atomic mass is 16.4. The first kappa shape index (κ1) is 17.7. The summed E-state index contributed by atoms with van der Waals surface area (Å²) in [4.78, 5) is 19.2. The molecule has 0 unspecified atom stereocenters. The first-order valence-corrected chi connectivity index (χ1v) is 9.55. The first-order chi connectivity index (χ1) is 14.0. The van der Waals surface area contributed by atoms with Crippen molar-refractivity contribution in [3.05, 3.63) is 46.9 Å². The van der Waals surface area contributed by atoms with E-state index in [1.54, 1.807) is 27.8 Å². The van der Waals surface area contributed by atoms with Crippen LogP contribution in [0.5, 0.6) is 0 Å². The smallest absolute Gasteiger partial charge is 0.253 e. The fraction of sp³-hybridized carbons (Fsp3) is 0.444. The molecule has 0 radical (unpaired) electrons. The zero-order chi connectivity index (χ0) is 20.0. The quantitative estimate of drug-likeness (QED) is 0.521. The van der Waals surface area contributed by atoms with Gasteiger partial charge in [0.2, 0.25) is 5.89 Å². The molecule has 11 nitrogen and oxygen atoms in total. The lowest BCUT2D eigenvalue weighted by molar-refractivity contribution is 0.301. The predicted octanol–water partition coefficient (Wildman–Crippen LogP) is 0.914. The van der Waals surface area contributed by atoms with Gasteiger partial charge < -0.3 is 14.7 Å². The minimum absolute atomic E-state index is 0.171. The molecule has 0 bridgehead atoms. The van der Waals surface area contributed by atoms with Crippen molar-refractivity contribution in [1.82, 2.24) is 44.9 Å². The van der Waals surface area contributed by atoms with Gasteiger partial charge in [-0.2, -0.15) is 10.2 Å². The van der Waals surface area contributed by atoms with E-state index in [0.29, 0.717) is 23.0 Å². The fourth-order valence-corrected chi connectivity index (χ4v) is 3.75. The number of aromatic amines is 1. The van der Waals surface area contributed by atoms with E-state index < -0.39 is 5.54 Å². The Morgan fingerprint density at radius 3 is 2.79 bits per heavy atom. The molecule has 1 aliphatic heterocycles. The summed E-state index contributed by atoms with van der Waals surface area (Å²) in [6, 6.07) is 1.63. The van der Waals surface area contributed by atoms with E-state index in [2.05, 4.69) is 35.7 Å². The predicted molar refractivity (Wildman–Crippen MR) is 102 cm³/mol. The molecule has 29 heavy (non-hydrogen) atoms. The Morgan fingerprint density at radius 1 is 1.21 bits per heavy atom. The van der Waals surface area contributed by atoms with E-state index in [1.807, 2.05) is 13.8 Å². The lowest BCUT2D eigenvalue weighted by Gasteiger charge is -2.23. The molecule has 150 valence electrons. The second kappa shape index (κ2) is 6.62. The third kappa shape index (κ3) is 2.94. The number of nitrogens with zero attached hydrogens (tertiary/aromatic N) is 7. The summed E-state index contributed by atoms with van der Waals surface area (Å²) < 4.78 is 9.38. The topological polar surface area (TPSA) is 132 Å². The van der Waals surface area contributed by atoms with Crippen molar-refractivity contribution in [2.75, 3.05) is 13.1 Å². The molecule has 0 spiro atoms. The van der Waals surface area contributed by atoms with Crippen molar-refractivity contribution < 1.29 is 4.42 Å². The van der Waals surface area contributed by atoms with E-state index in [-0.39, 0.29) is 11.5 Å². The summed E-state index contributed by atoms with van der Waals surface area (Å²) in [5.74, 6) is 0.953. The van der Waals surface area contributed by atoms with Gasteiger partial charge in [0.15, 0.2) is 0 Å². The molecule has 2 N–H and O–H groups in total. The van der Waals surface area contributed by atoms with Crippen molar-refractivity contribution in [2.45, 2.75) is 38.1 Å². The van der Waals surface area contributed by atoms with Crippen LogP contribution in [-0.2, 0) is 5.54 Å². The van der Waals surface area contributed by atoms with Gasteiger partial charge in [0.05, 0.1) is 11.9 Å². The minimum Gasteiger partial charge on any atom is -0.418 e. The Hall–Kier alpha value is -3.34. The number of piperidine rings is 1. The maximum Gasteiger partial charge on any atom is 0.253 e. The zero-order valence-corrected chi connectivity index (χ0v) is 16.2. The first-order valence-electron chi connectivity index (χ1n) is 9.55. The summed E-state index contributed by atoms with van der Waals surface area (Å²) >= 11 is 0. The Bertz CT molecular complexity index is 1200. The summed E-state index contributed by atoms with van der Waals surface area (Å²) in [5, 5.41) is 20.4. The highest BCUT2D eigenvalue weighted by Gasteiger charge is 2.31. The molecule has 1 saturated heterocycles. The van der Waals surface area contributed by atoms with Crippen LogP contribution in [0.4, 0.5) is 0 Å². The van der Waals surface area contributed by atoms with Crippen LogP contribution in [0.15, 0.2) is 34.1 Å². The van der Waals surface area contributed by atoms with Crippen LogP contribution in [0, 0.1) is 0 Å². The van der Waals surface area contributed by atoms with Crippen molar-refractivity contribution in [2.24, 2.45) is 0 Å². The number of fused-ring (bicyclic) bond motifs is 1. The van der Waals surface area contributed by atoms with Crippen LogP contribution < -0.4 is 10.9 Å². The second-order valence-electron chi connectivity index (χ2n) is 7.71. The number of nitrogens with one attached hydrogen (secondary N) is 2. The van der Waals surface area contributed by atoms with E-state index >= 15 is 0 Å². The lowest BCUT2D eigenvalue weighted by Crippen LogP contribution is -2.28. The Kier molecular flexibility index (Phi) is 4.05. The highest BCUT2D eigenvalue weighted by molar-refractivity contribution is 5.70. The summed E-state index contributed by atoms with van der Waals surface area (Å²) in [5.41, 5.74) is 1.21. The van der Waals surface area contributed by atoms with Crippen LogP contribution in [0.1, 0.15) is 44.2 Å². The molecule has 0 aromatic carbocycles. The van der Waals surface area contributed by atoms with E-state index in [0.717, 1.165) is 31.6 Å². The molecule has 5 heterocycles. The molecule has 0 atom stereocenters. The Morgan fingerprint density at radius 2 is 2.03 bits per heavy atom. The molecule has 4 aromatic heterocycles. The summed E-state index contributed by atoms with van der Waals surface area (Å²) in [6.45, 7) is 5.67. The zero-order valence-electron chi connectivity index (χ0n) is 16.2. The molecule has 0 amide bonds. The van der Waals surface area contributed by atoms with Crippen LogP contribution >= 0.6 is 0 Å². The van der Waals surface area contributed by atoms with Gasteiger partial charge in [-0.05, 0) is 39.8 Å². The lowest BCUT2D eigenvalue weighted by atomic mass is 9.94. The highest BCUT2D eigenvalue weighted by Crippen LogP contribution is 2.30. The number of rotatable bonds is 4. The van der Waals surface area contributed by atoms with Gasteiger partial charge in [0.1, 0.15) is 29.4 Å². The molecule has 0 aliphatic carbocycles. The van der Waals surface area contributed by atoms with Gasteiger partial charge in [-0.15, -0.1) is 10.2 Å². The average Bonchev–Trinajstić information content (AvgIpc) is 3.47. The number of H-pyrrole nitrogens is 1. The molecule has 1 fully saturated rings. The van der Waals surface area contributed by atoms with Crippen molar-refractivity contribution in [3.63, 3.8) is 0 Å². The van der Waals surface area contributed by atoms with Gasteiger partial charge in [0.25, 0.3) is 11.4 Å². The standard InChI is InChI=1S/C18H21N9O2/c1-18(2,26-10-20-9-22-26)17-25-24-16(29-17)12-8-21-27-13(7-14(28)23-15(12)27)11-3-5-19-6-4-11/h7-11,19H,3-6H2,1-2H3,(H,23,28). The SMILES string of the molecule is CC(C)(c1nnc(-c2cnn3c(C4CCNCC4)cc(=O)[nH]c23)o1)n1cncn1. The number of aromatic nitrogens is 8. The number of hydrogen-bond acceptors (Lipinski definition) is 8. The van der Waals surface area contributed by atoms with E-state index in [1.165, 1.54) is 6.33 Å². The van der Waals surface area contributed by atoms with Gasteiger partial charge in [-0.1, -0.05) is 0 Å². The third-order valence-corrected chi connectivity index (χ3v) is 5.46. The van der Waals surface area contributed by atoms with Crippen LogP contribution in [0.3, 0.4) is 0 Å². The summed E-state index contributed by atoms with van der Waals surface area (Å²) in [6.07, 6.45) is 6.63. The van der Waals surface area contributed by atoms with Crippen molar-refractivity contribution in [3.8, 4) is 11.5 Å². The van der Waals surface area contributed by atoms with Gasteiger partial charge in [-0.25, -0.2) is 14.2 Å². The maximum absolute atomic E-state index is 12.4. The van der Waals surface area contributed by atoms with Crippen molar-refractivity contribution >= 4 is 5.65 Å². The van der Waals surface area contributed by atoms with Crippen LogP contribution in [0.2, 0.25) is 0 Å². The minimum atomic E-state index is -0.668. The van der Waals surface area contributed by atoms with E-state index in [4.69, 9.17) is 4.42 Å². The molecule has 4 aromatic rings. The largest absolute Gasteiger partial charge is 0.418 e. The van der Waals surface area contributed by atoms with Gasteiger partial charge in [0, 0.05) is 12.0 Å².